The normalized spacial score (nSPS) is 15.2. The number of benzene rings is 4. The Balaban J connectivity index is 1.32. The Kier molecular flexibility index (Phi) is 5.19. The van der Waals surface area contributed by atoms with Gasteiger partial charge in [-0.25, -0.2) is 0 Å². The number of rotatable bonds is 4. The van der Waals surface area contributed by atoms with Crippen molar-refractivity contribution in [3.8, 4) is 34.4 Å². The van der Waals surface area contributed by atoms with Gasteiger partial charge in [-0.3, -0.25) is 0 Å². The van der Waals surface area contributed by atoms with Gasteiger partial charge >= 0.3 is 0 Å². The second kappa shape index (κ2) is 8.57. The average molecular weight is 493 g/mol. The quantitative estimate of drug-likeness (QED) is 0.129. The third kappa shape index (κ3) is 3.60. The number of nitrogens with one attached hydrogen (secondary N) is 1. The van der Waals surface area contributed by atoms with Crippen LogP contribution >= 0.6 is 0 Å². The highest BCUT2D eigenvalue weighted by Crippen LogP contribution is 2.54. The van der Waals surface area contributed by atoms with Crippen LogP contribution in [0.25, 0.3) is 27.5 Å². The van der Waals surface area contributed by atoms with E-state index >= 15 is 0 Å². The van der Waals surface area contributed by atoms with Crippen LogP contribution in [0.3, 0.4) is 0 Å². The summed E-state index contributed by atoms with van der Waals surface area (Å²) in [6.07, 6.45) is 5.86. The first-order valence-corrected chi connectivity index (χ1v) is 11.9. The first-order chi connectivity index (χ1) is 17.9. The maximum Gasteiger partial charge on any atom is 0.208 e. The van der Waals surface area contributed by atoms with Crippen molar-refractivity contribution in [3.63, 3.8) is 0 Å². The lowest BCUT2D eigenvalue weighted by Gasteiger charge is -2.21. The molecule has 5 aromatic rings. The molecule has 0 saturated heterocycles. The van der Waals surface area contributed by atoms with Gasteiger partial charge in [-0.15, -0.1) is 0 Å². The summed E-state index contributed by atoms with van der Waals surface area (Å²) in [5.41, 5.74) is 5.01. The van der Waals surface area contributed by atoms with Gasteiger partial charge in [0.1, 0.15) is 0 Å². The number of allylic oxidation sites excluding steroid dienone is 3. The highest BCUT2D eigenvalue weighted by molar-refractivity contribution is 6.10. The molecule has 0 spiro atoms. The third-order valence-corrected chi connectivity index (χ3v) is 6.85. The van der Waals surface area contributed by atoms with Gasteiger partial charge in [0.15, 0.2) is 11.5 Å². The number of anilines is 1. The number of para-hydroxylation sites is 2. The van der Waals surface area contributed by atoms with Crippen molar-refractivity contribution >= 4 is 27.5 Å². The predicted molar refractivity (Wildman–Crippen MR) is 144 cm³/mol. The second-order valence-electron chi connectivity index (χ2n) is 9.06. The summed E-state index contributed by atoms with van der Waals surface area (Å²) < 4.78 is 2.25. The minimum Gasteiger partial charge on any atom is -0.504 e. The maximum atomic E-state index is 10.3. The van der Waals surface area contributed by atoms with Crippen LogP contribution < -0.4 is 5.32 Å². The van der Waals surface area contributed by atoms with Crippen LogP contribution in [0.5, 0.6) is 28.7 Å². The molecule has 7 heteroatoms. The molecule has 7 nitrogen and oxygen atoms in total. The molecular formula is C30H24N2O5. The monoisotopic (exact) mass is 492 g/mol. The standard InChI is InChI=1S/C30H24N2O5/c33-26-25(27(34)29(36)30(37)28(26)35)17-10-12-18(13-11-17)31-19-14-15-24-22(16-19)21-8-4-5-9-23(21)32(24)20-6-2-1-3-7-20/h1-10,12-17,31,33-37H,11H2. The number of aromatic hydroxyl groups is 5. The third-order valence-electron chi connectivity index (χ3n) is 6.85. The zero-order valence-corrected chi connectivity index (χ0v) is 19.6. The smallest absolute Gasteiger partial charge is 0.208 e. The molecule has 1 atom stereocenters. The highest BCUT2D eigenvalue weighted by Gasteiger charge is 2.28. The van der Waals surface area contributed by atoms with Gasteiger partial charge in [0.2, 0.25) is 17.2 Å². The Morgan fingerprint density at radius 3 is 2.03 bits per heavy atom. The van der Waals surface area contributed by atoms with E-state index in [0.29, 0.717) is 6.42 Å². The average Bonchev–Trinajstić information content (AvgIpc) is 3.26. The van der Waals surface area contributed by atoms with Gasteiger partial charge < -0.3 is 35.4 Å². The van der Waals surface area contributed by atoms with E-state index in [1.165, 1.54) is 0 Å². The van der Waals surface area contributed by atoms with Crippen molar-refractivity contribution in [3.05, 3.63) is 102 Å². The molecule has 1 aliphatic rings. The Labute approximate surface area is 212 Å². The molecule has 0 fully saturated rings. The molecule has 4 aromatic carbocycles. The van der Waals surface area contributed by atoms with E-state index in [9.17, 15) is 25.5 Å². The summed E-state index contributed by atoms with van der Waals surface area (Å²) in [4.78, 5) is 0. The lowest BCUT2D eigenvalue weighted by molar-refractivity contribution is 0.322. The van der Waals surface area contributed by atoms with Crippen LogP contribution in [0.1, 0.15) is 17.9 Å². The summed E-state index contributed by atoms with van der Waals surface area (Å²) in [7, 11) is 0. The molecular weight excluding hydrogens is 468 g/mol. The molecule has 0 amide bonds. The fourth-order valence-electron chi connectivity index (χ4n) is 5.05. The maximum absolute atomic E-state index is 10.3. The van der Waals surface area contributed by atoms with E-state index in [0.717, 1.165) is 38.9 Å². The molecule has 37 heavy (non-hydrogen) atoms. The minimum absolute atomic E-state index is 0.0468. The lowest BCUT2D eigenvalue weighted by atomic mass is 9.89. The number of nitrogens with zero attached hydrogens (tertiary/aromatic N) is 1. The van der Waals surface area contributed by atoms with E-state index in [2.05, 4.69) is 46.3 Å². The molecule has 1 heterocycles. The predicted octanol–water partition coefficient (Wildman–Crippen LogP) is 6.35. The molecule has 0 saturated carbocycles. The van der Waals surface area contributed by atoms with Crippen LogP contribution in [-0.4, -0.2) is 30.1 Å². The summed E-state index contributed by atoms with van der Waals surface area (Å²) in [5, 5.41) is 55.6. The van der Waals surface area contributed by atoms with Crippen LogP contribution in [0, 0.1) is 0 Å². The van der Waals surface area contributed by atoms with Crippen molar-refractivity contribution < 1.29 is 25.5 Å². The zero-order valence-electron chi connectivity index (χ0n) is 19.6. The van der Waals surface area contributed by atoms with Gasteiger partial charge in [-0.05, 0) is 48.9 Å². The molecule has 6 rings (SSSR count). The molecule has 184 valence electrons. The van der Waals surface area contributed by atoms with E-state index in [-0.39, 0.29) is 5.56 Å². The van der Waals surface area contributed by atoms with Crippen molar-refractivity contribution in [2.24, 2.45) is 0 Å². The van der Waals surface area contributed by atoms with Crippen molar-refractivity contribution in [2.75, 3.05) is 5.32 Å². The zero-order chi connectivity index (χ0) is 25.7. The van der Waals surface area contributed by atoms with Crippen molar-refractivity contribution in [2.45, 2.75) is 12.3 Å². The molecule has 1 unspecified atom stereocenters. The van der Waals surface area contributed by atoms with E-state index in [4.69, 9.17) is 0 Å². The number of hydrogen-bond donors (Lipinski definition) is 6. The molecule has 1 aliphatic carbocycles. The summed E-state index contributed by atoms with van der Waals surface area (Å²) in [5.74, 6) is -4.51. The number of aromatic nitrogens is 1. The minimum atomic E-state index is -0.958. The molecule has 1 aromatic heterocycles. The van der Waals surface area contributed by atoms with E-state index in [1.807, 2.05) is 48.6 Å². The molecule has 0 radical (unpaired) electrons. The molecule has 0 aliphatic heterocycles. The van der Waals surface area contributed by atoms with Gasteiger partial charge in [-0.2, -0.15) is 0 Å². The highest BCUT2D eigenvalue weighted by atomic mass is 16.4. The topological polar surface area (TPSA) is 118 Å². The van der Waals surface area contributed by atoms with Gasteiger partial charge in [0.05, 0.1) is 16.6 Å². The Morgan fingerprint density at radius 1 is 0.676 bits per heavy atom. The summed E-state index contributed by atoms with van der Waals surface area (Å²) in [6.45, 7) is 0. The number of phenolic OH excluding ortho intramolecular Hbond substituents is 5. The van der Waals surface area contributed by atoms with Gasteiger partial charge in [0.25, 0.3) is 0 Å². The van der Waals surface area contributed by atoms with E-state index in [1.54, 1.807) is 6.08 Å². The fraction of sp³-hybridized carbons (Fsp3) is 0.0667. The first kappa shape index (κ1) is 22.4. The van der Waals surface area contributed by atoms with Gasteiger partial charge in [-0.1, -0.05) is 48.6 Å². The van der Waals surface area contributed by atoms with Crippen molar-refractivity contribution in [1.29, 1.82) is 0 Å². The number of hydrogen-bond acceptors (Lipinski definition) is 6. The van der Waals surface area contributed by atoms with E-state index < -0.39 is 34.7 Å². The van der Waals surface area contributed by atoms with Gasteiger partial charge in [0, 0.05) is 33.8 Å². The summed E-state index contributed by atoms with van der Waals surface area (Å²) in [6, 6.07) is 24.8. The van der Waals surface area contributed by atoms with Crippen LogP contribution in [0.4, 0.5) is 5.69 Å². The van der Waals surface area contributed by atoms with Crippen LogP contribution in [-0.2, 0) is 0 Å². The second-order valence-corrected chi connectivity index (χ2v) is 9.06. The number of fused-ring (bicyclic) bond motifs is 3. The molecule has 6 N–H and O–H groups in total. The SMILES string of the molecule is Oc1c(O)c(O)c(C2C=CC(Nc3ccc4c(c3)c3ccccc3n4-c3ccccc3)=CC2)c(O)c1O. The Bertz CT molecular complexity index is 1710. The first-order valence-electron chi connectivity index (χ1n) is 11.9. The Hall–Kier alpha value is -5.04. The molecule has 0 bridgehead atoms. The van der Waals surface area contributed by atoms with Crippen molar-refractivity contribution in [1.82, 2.24) is 4.57 Å². The number of phenols is 5. The largest absolute Gasteiger partial charge is 0.504 e. The lowest BCUT2D eigenvalue weighted by Crippen LogP contribution is -2.05. The summed E-state index contributed by atoms with van der Waals surface area (Å²) >= 11 is 0. The van der Waals surface area contributed by atoms with Crippen LogP contribution in [0.15, 0.2) is 96.7 Å². The Morgan fingerprint density at radius 2 is 1.32 bits per heavy atom. The fourth-order valence-corrected chi connectivity index (χ4v) is 5.05. The van der Waals surface area contributed by atoms with Crippen LogP contribution in [0.2, 0.25) is 0 Å².